The van der Waals surface area contributed by atoms with E-state index in [0.29, 0.717) is 11.4 Å². The van der Waals surface area contributed by atoms with Crippen molar-refractivity contribution in [1.82, 2.24) is 9.47 Å². The Balaban J connectivity index is 1.81. The second-order valence-electron chi connectivity index (χ2n) is 6.97. The number of halogens is 1. The molecule has 0 unspecified atom stereocenters. The van der Waals surface area contributed by atoms with Crippen molar-refractivity contribution in [3.63, 3.8) is 0 Å². The summed E-state index contributed by atoms with van der Waals surface area (Å²) in [4.78, 5) is 15.4. The molecule has 1 aliphatic rings. The van der Waals surface area contributed by atoms with Crippen molar-refractivity contribution in [2.75, 3.05) is 13.6 Å². The van der Waals surface area contributed by atoms with Crippen LogP contribution in [0.15, 0.2) is 42.5 Å². The number of carbonyl (C=O) groups excluding carboxylic acids is 1. The second kappa shape index (κ2) is 6.32. The van der Waals surface area contributed by atoms with Crippen molar-refractivity contribution < 1.29 is 4.79 Å². The van der Waals surface area contributed by atoms with E-state index in [4.69, 9.17) is 11.6 Å². The number of nitrogens with zero attached hydrogens (tertiary/aromatic N) is 2. The molecule has 0 amide bonds. The lowest BCUT2D eigenvalue weighted by molar-refractivity contribution is 0.0912. The van der Waals surface area contributed by atoms with Crippen LogP contribution in [0.2, 0.25) is 5.02 Å². The van der Waals surface area contributed by atoms with Crippen molar-refractivity contribution >= 4 is 28.4 Å². The van der Waals surface area contributed by atoms with Gasteiger partial charge in [-0.1, -0.05) is 35.4 Å². The number of hydrogen-bond donors (Lipinski definition) is 0. The van der Waals surface area contributed by atoms with Crippen molar-refractivity contribution in [3.8, 4) is 0 Å². The van der Waals surface area contributed by atoms with Gasteiger partial charge in [-0.3, -0.25) is 9.36 Å². The van der Waals surface area contributed by atoms with Gasteiger partial charge < -0.3 is 4.90 Å². The molecular weight excluding hydrogens is 332 g/mol. The first-order valence-electron chi connectivity index (χ1n) is 8.62. The maximum absolute atomic E-state index is 13.1. The first-order chi connectivity index (χ1) is 12.0. The predicted molar refractivity (Wildman–Crippen MR) is 102 cm³/mol. The molecule has 0 bridgehead atoms. The lowest BCUT2D eigenvalue weighted by Crippen LogP contribution is -2.29. The Hall–Kier alpha value is -2.10. The molecule has 2 aromatic carbocycles. The van der Waals surface area contributed by atoms with E-state index in [9.17, 15) is 4.79 Å². The lowest BCUT2D eigenvalue weighted by atomic mass is 10.0. The maximum Gasteiger partial charge on any atom is 0.235 e. The van der Waals surface area contributed by atoms with Crippen molar-refractivity contribution in [3.05, 3.63) is 69.9 Å². The van der Waals surface area contributed by atoms with Gasteiger partial charge in [0.2, 0.25) is 5.91 Å². The monoisotopic (exact) mass is 352 g/mol. The van der Waals surface area contributed by atoms with Gasteiger partial charge in [0.15, 0.2) is 0 Å². The molecule has 0 atom stereocenters. The summed E-state index contributed by atoms with van der Waals surface area (Å²) in [6.07, 6.45) is 1.37. The molecule has 4 heteroatoms. The molecule has 0 N–H and O–H groups in total. The van der Waals surface area contributed by atoms with E-state index in [2.05, 4.69) is 37.1 Å². The minimum absolute atomic E-state index is 0.118. The fourth-order valence-electron chi connectivity index (χ4n) is 3.75. The summed E-state index contributed by atoms with van der Waals surface area (Å²) in [5.41, 5.74) is 5.73. The number of benzene rings is 2. The van der Waals surface area contributed by atoms with E-state index in [1.54, 1.807) is 0 Å². The van der Waals surface area contributed by atoms with Crippen LogP contribution >= 0.6 is 11.6 Å². The normalized spacial score (nSPS) is 14.7. The summed E-state index contributed by atoms with van der Waals surface area (Å²) in [6.45, 7) is 3.95. The van der Waals surface area contributed by atoms with E-state index < -0.39 is 0 Å². The number of hydrogen-bond acceptors (Lipinski definition) is 2. The molecule has 0 fully saturated rings. The zero-order valence-corrected chi connectivity index (χ0v) is 15.3. The van der Waals surface area contributed by atoms with Gasteiger partial charge in [-0.15, -0.1) is 0 Å². The highest BCUT2D eigenvalue weighted by Gasteiger charge is 2.25. The number of aryl methyl sites for hydroxylation is 1. The summed E-state index contributed by atoms with van der Waals surface area (Å²) in [6, 6.07) is 13.9. The van der Waals surface area contributed by atoms with E-state index >= 15 is 0 Å². The molecule has 4 rings (SSSR count). The topological polar surface area (TPSA) is 25.2 Å². The van der Waals surface area contributed by atoms with Crippen LogP contribution in [0.3, 0.4) is 0 Å². The Labute approximate surface area is 152 Å². The summed E-state index contributed by atoms with van der Waals surface area (Å²) in [5, 5.41) is 1.92. The molecule has 2 heterocycles. The molecule has 25 heavy (non-hydrogen) atoms. The quantitative estimate of drug-likeness (QED) is 0.679. The van der Waals surface area contributed by atoms with Gasteiger partial charge in [0, 0.05) is 29.2 Å². The van der Waals surface area contributed by atoms with Crippen LogP contribution in [-0.2, 0) is 19.4 Å². The zero-order valence-electron chi connectivity index (χ0n) is 14.6. The van der Waals surface area contributed by atoms with E-state index in [1.807, 2.05) is 28.8 Å². The first kappa shape index (κ1) is 16.4. The Kier molecular flexibility index (Phi) is 4.14. The van der Waals surface area contributed by atoms with Gasteiger partial charge >= 0.3 is 0 Å². The Morgan fingerprint density at radius 2 is 1.92 bits per heavy atom. The second-order valence-corrected chi connectivity index (χ2v) is 7.40. The summed E-state index contributed by atoms with van der Waals surface area (Å²) < 4.78 is 1.94. The van der Waals surface area contributed by atoms with Crippen LogP contribution in [0.25, 0.3) is 10.9 Å². The van der Waals surface area contributed by atoms with Crippen molar-refractivity contribution in [2.24, 2.45) is 0 Å². The van der Waals surface area contributed by atoms with E-state index in [-0.39, 0.29) is 5.91 Å². The van der Waals surface area contributed by atoms with Gasteiger partial charge in [0.05, 0.1) is 11.9 Å². The molecule has 1 aliphatic heterocycles. The molecule has 3 nitrogen and oxygen atoms in total. The molecule has 1 aromatic heterocycles. The highest BCUT2D eigenvalue weighted by molar-refractivity contribution is 6.30. The van der Waals surface area contributed by atoms with Crippen LogP contribution in [-0.4, -0.2) is 29.0 Å². The van der Waals surface area contributed by atoms with Gasteiger partial charge in [0.1, 0.15) is 0 Å². The largest absolute Gasteiger partial charge is 0.300 e. The maximum atomic E-state index is 13.1. The van der Waals surface area contributed by atoms with Gasteiger partial charge in [0.25, 0.3) is 0 Å². The highest BCUT2D eigenvalue weighted by atomic mass is 35.5. The van der Waals surface area contributed by atoms with E-state index in [0.717, 1.165) is 36.3 Å². The Morgan fingerprint density at radius 3 is 2.68 bits per heavy atom. The third kappa shape index (κ3) is 2.99. The van der Waals surface area contributed by atoms with Gasteiger partial charge in [-0.2, -0.15) is 0 Å². The number of rotatable bonds is 2. The molecule has 128 valence electrons. The molecule has 0 saturated heterocycles. The van der Waals surface area contributed by atoms with Crippen LogP contribution in [0.5, 0.6) is 0 Å². The minimum atomic E-state index is 0.118. The fraction of sp³-hybridized carbons (Fsp3) is 0.286. The lowest BCUT2D eigenvalue weighted by Gasteiger charge is -2.24. The number of aromatic nitrogens is 1. The average Bonchev–Trinajstić information content (AvgIpc) is 2.89. The minimum Gasteiger partial charge on any atom is -0.300 e. The third-order valence-corrected chi connectivity index (χ3v) is 5.27. The van der Waals surface area contributed by atoms with Crippen LogP contribution in [0.1, 0.15) is 27.2 Å². The molecule has 0 saturated carbocycles. The molecule has 3 aromatic rings. The fourth-order valence-corrected chi connectivity index (χ4v) is 3.87. The van der Waals surface area contributed by atoms with E-state index in [1.165, 1.54) is 16.5 Å². The number of likely N-dealkylation sites (N-methyl/N-ethyl adjacent to an activating group) is 1. The standard InChI is InChI=1S/C21H21ClN2O/c1-14-3-8-19-18(11-14)17-9-10-23(2)13-20(17)24(19)21(25)12-15-4-6-16(22)7-5-15/h3-8,11H,9-10,12-13H2,1-2H3. The average molecular weight is 353 g/mol. The molecule has 0 spiro atoms. The van der Waals surface area contributed by atoms with Crippen molar-refractivity contribution in [1.29, 1.82) is 0 Å². The van der Waals surface area contributed by atoms with Crippen LogP contribution in [0.4, 0.5) is 0 Å². The summed E-state index contributed by atoms with van der Waals surface area (Å²) in [7, 11) is 2.11. The summed E-state index contributed by atoms with van der Waals surface area (Å²) in [5.74, 6) is 0.118. The highest BCUT2D eigenvalue weighted by Crippen LogP contribution is 2.31. The van der Waals surface area contributed by atoms with Crippen molar-refractivity contribution in [2.45, 2.75) is 26.3 Å². The predicted octanol–water partition coefficient (Wildman–Crippen LogP) is 4.47. The number of carbonyl (C=O) groups is 1. The molecular formula is C21H21ClN2O. The third-order valence-electron chi connectivity index (χ3n) is 5.02. The molecule has 0 aliphatic carbocycles. The van der Waals surface area contributed by atoms with Gasteiger partial charge in [-0.05, 0) is 55.8 Å². The molecule has 0 radical (unpaired) electrons. The SMILES string of the molecule is Cc1ccc2c(c1)c1c(n2C(=O)Cc2ccc(Cl)cc2)CN(C)CC1. The number of fused-ring (bicyclic) bond motifs is 3. The Bertz CT molecular complexity index is 956. The first-order valence-corrected chi connectivity index (χ1v) is 9.00. The smallest absolute Gasteiger partial charge is 0.235 e. The summed E-state index contributed by atoms with van der Waals surface area (Å²) >= 11 is 5.96. The van der Waals surface area contributed by atoms with Crippen LogP contribution in [0, 0.1) is 6.92 Å². The van der Waals surface area contributed by atoms with Gasteiger partial charge in [-0.25, -0.2) is 0 Å². The Morgan fingerprint density at radius 1 is 1.16 bits per heavy atom. The zero-order chi connectivity index (χ0) is 17.6. The van der Waals surface area contributed by atoms with Crippen LogP contribution < -0.4 is 0 Å².